The molecule has 1 heterocycles. The number of hydrogen-bond acceptors (Lipinski definition) is 3. The number of aryl methyl sites for hydroxylation is 2. The number of nitrogens with zero attached hydrogens (tertiary/aromatic N) is 1. The van der Waals surface area contributed by atoms with Crippen LogP contribution in [0.4, 0.5) is 0 Å². The number of amides is 2. The first kappa shape index (κ1) is 20.5. The van der Waals surface area contributed by atoms with Crippen molar-refractivity contribution in [3.8, 4) is 5.75 Å². The van der Waals surface area contributed by atoms with Crippen molar-refractivity contribution in [2.75, 3.05) is 6.61 Å². The molecule has 0 aliphatic heterocycles. The summed E-state index contributed by atoms with van der Waals surface area (Å²) in [6, 6.07) is 16.0. The average molecular weight is 393 g/mol. The van der Waals surface area contributed by atoms with E-state index in [-0.39, 0.29) is 24.9 Å². The molecule has 0 fully saturated rings. The fraction of sp³-hybridized carbons (Fsp3) is 0.304. The summed E-state index contributed by atoms with van der Waals surface area (Å²) in [5, 5.41) is 1.13. The minimum absolute atomic E-state index is 0.161. The molecule has 29 heavy (non-hydrogen) atoms. The number of para-hydroxylation sites is 1. The molecule has 2 aromatic carbocycles. The van der Waals surface area contributed by atoms with Crippen molar-refractivity contribution in [2.24, 2.45) is 0 Å². The van der Waals surface area contributed by atoms with E-state index in [4.69, 9.17) is 4.74 Å². The van der Waals surface area contributed by atoms with Crippen LogP contribution in [0.1, 0.15) is 37.3 Å². The molecular weight excluding hydrogens is 366 g/mol. The molecule has 0 bridgehead atoms. The van der Waals surface area contributed by atoms with Gasteiger partial charge in [0.1, 0.15) is 5.75 Å². The standard InChI is InChI=1S/C23H27N3O3/c1-16(2)19-9-8-17(3)14-21(19)29-15-23(28)25-24-22(27)11-13-26-12-10-18-6-4-5-7-20(18)26/h4-10,12,14,16H,11,13,15H2,1-3H3,(H,24,27)(H,25,28). The summed E-state index contributed by atoms with van der Waals surface area (Å²) in [4.78, 5) is 24.1. The molecule has 0 aliphatic carbocycles. The van der Waals surface area contributed by atoms with Gasteiger partial charge in [-0.15, -0.1) is 0 Å². The van der Waals surface area contributed by atoms with Crippen molar-refractivity contribution >= 4 is 22.7 Å². The van der Waals surface area contributed by atoms with Crippen molar-refractivity contribution in [1.29, 1.82) is 0 Å². The van der Waals surface area contributed by atoms with Crippen LogP contribution >= 0.6 is 0 Å². The van der Waals surface area contributed by atoms with Crippen LogP contribution in [0.25, 0.3) is 10.9 Å². The van der Waals surface area contributed by atoms with E-state index in [2.05, 4.69) is 24.7 Å². The molecular formula is C23H27N3O3. The fourth-order valence-corrected chi connectivity index (χ4v) is 3.18. The third-order valence-electron chi connectivity index (χ3n) is 4.75. The number of ether oxygens (including phenoxy) is 1. The number of aromatic nitrogens is 1. The Morgan fingerprint density at radius 3 is 2.59 bits per heavy atom. The zero-order valence-electron chi connectivity index (χ0n) is 17.1. The van der Waals surface area contributed by atoms with E-state index >= 15 is 0 Å². The molecule has 152 valence electrons. The molecule has 0 saturated carbocycles. The number of nitrogens with one attached hydrogen (secondary N) is 2. The maximum Gasteiger partial charge on any atom is 0.276 e. The smallest absolute Gasteiger partial charge is 0.276 e. The molecule has 2 N–H and O–H groups in total. The van der Waals surface area contributed by atoms with E-state index in [1.165, 1.54) is 0 Å². The highest BCUT2D eigenvalue weighted by atomic mass is 16.5. The van der Waals surface area contributed by atoms with Gasteiger partial charge in [-0.3, -0.25) is 20.4 Å². The Balaban J connectivity index is 1.45. The van der Waals surface area contributed by atoms with E-state index in [1.807, 2.05) is 66.2 Å². The Morgan fingerprint density at radius 1 is 1.03 bits per heavy atom. The maximum atomic E-state index is 12.1. The molecule has 0 saturated heterocycles. The molecule has 0 unspecified atom stereocenters. The van der Waals surface area contributed by atoms with Gasteiger partial charge in [0.2, 0.25) is 5.91 Å². The lowest BCUT2D eigenvalue weighted by Gasteiger charge is -2.15. The first-order valence-corrected chi connectivity index (χ1v) is 9.79. The number of rotatable bonds is 7. The van der Waals surface area contributed by atoms with Crippen molar-refractivity contribution in [3.05, 3.63) is 65.9 Å². The first-order chi connectivity index (χ1) is 13.9. The van der Waals surface area contributed by atoms with Crippen molar-refractivity contribution < 1.29 is 14.3 Å². The molecule has 1 aromatic heterocycles. The number of fused-ring (bicyclic) bond motifs is 1. The molecule has 0 spiro atoms. The normalized spacial score (nSPS) is 10.9. The third-order valence-corrected chi connectivity index (χ3v) is 4.75. The maximum absolute atomic E-state index is 12.1. The number of hydrazine groups is 1. The zero-order chi connectivity index (χ0) is 20.8. The SMILES string of the molecule is Cc1ccc(C(C)C)c(OCC(=O)NNC(=O)CCn2ccc3ccccc32)c1. The second-order valence-electron chi connectivity index (χ2n) is 7.40. The highest BCUT2D eigenvalue weighted by Gasteiger charge is 2.11. The summed E-state index contributed by atoms with van der Waals surface area (Å²) in [5.74, 6) is 0.328. The Kier molecular flexibility index (Phi) is 6.54. The van der Waals surface area contributed by atoms with E-state index in [0.717, 1.165) is 22.0 Å². The highest BCUT2D eigenvalue weighted by molar-refractivity contribution is 5.83. The van der Waals surface area contributed by atoms with E-state index in [9.17, 15) is 9.59 Å². The quantitative estimate of drug-likeness (QED) is 0.602. The van der Waals surface area contributed by atoms with Crippen LogP contribution in [0, 0.1) is 6.92 Å². The van der Waals surface area contributed by atoms with Gasteiger partial charge in [-0.1, -0.05) is 44.2 Å². The van der Waals surface area contributed by atoms with Gasteiger partial charge in [-0.2, -0.15) is 0 Å². The second-order valence-corrected chi connectivity index (χ2v) is 7.40. The van der Waals surface area contributed by atoms with Gasteiger partial charge < -0.3 is 9.30 Å². The van der Waals surface area contributed by atoms with Crippen LogP contribution in [-0.4, -0.2) is 23.0 Å². The molecule has 3 rings (SSSR count). The largest absolute Gasteiger partial charge is 0.483 e. The van der Waals surface area contributed by atoms with Crippen molar-refractivity contribution in [2.45, 2.75) is 39.7 Å². The number of benzene rings is 2. The molecule has 0 radical (unpaired) electrons. The highest BCUT2D eigenvalue weighted by Crippen LogP contribution is 2.27. The van der Waals surface area contributed by atoms with Crippen LogP contribution in [0.15, 0.2) is 54.7 Å². The number of carbonyl (C=O) groups is 2. The minimum atomic E-state index is -0.402. The Labute approximate surface area is 170 Å². The summed E-state index contributed by atoms with van der Waals surface area (Å²) in [5.41, 5.74) is 8.05. The van der Waals surface area contributed by atoms with Crippen LogP contribution in [-0.2, 0) is 16.1 Å². The summed E-state index contributed by atoms with van der Waals surface area (Å²) in [6.07, 6.45) is 2.22. The van der Waals surface area contributed by atoms with Gasteiger partial charge in [0, 0.05) is 24.7 Å². The zero-order valence-corrected chi connectivity index (χ0v) is 17.1. The van der Waals surface area contributed by atoms with Crippen LogP contribution in [0.5, 0.6) is 5.75 Å². The summed E-state index contributed by atoms with van der Waals surface area (Å²) < 4.78 is 7.69. The summed E-state index contributed by atoms with van der Waals surface area (Å²) in [7, 11) is 0. The van der Waals surface area contributed by atoms with Gasteiger partial charge in [0.05, 0.1) is 0 Å². The first-order valence-electron chi connectivity index (χ1n) is 9.79. The monoisotopic (exact) mass is 393 g/mol. The molecule has 6 heteroatoms. The Hall–Kier alpha value is -3.28. The Morgan fingerprint density at radius 2 is 1.79 bits per heavy atom. The number of carbonyl (C=O) groups excluding carboxylic acids is 2. The van der Waals surface area contributed by atoms with Crippen molar-refractivity contribution in [1.82, 2.24) is 15.4 Å². The second kappa shape index (κ2) is 9.28. The lowest BCUT2D eigenvalue weighted by atomic mass is 10.0. The van der Waals surface area contributed by atoms with Crippen molar-refractivity contribution in [3.63, 3.8) is 0 Å². The van der Waals surface area contributed by atoms with E-state index in [1.54, 1.807) is 0 Å². The predicted octanol–water partition coefficient (Wildman–Crippen LogP) is 3.69. The Bertz CT molecular complexity index is 1010. The molecule has 3 aromatic rings. The topological polar surface area (TPSA) is 72.4 Å². The lowest BCUT2D eigenvalue weighted by molar-refractivity contribution is -0.130. The third kappa shape index (κ3) is 5.38. The van der Waals surface area contributed by atoms with Gasteiger partial charge in [-0.05, 0) is 47.6 Å². The summed E-state index contributed by atoms with van der Waals surface area (Å²) in [6.45, 7) is 6.50. The predicted molar refractivity (Wildman–Crippen MR) is 114 cm³/mol. The molecule has 6 nitrogen and oxygen atoms in total. The molecule has 2 amide bonds. The fourth-order valence-electron chi connectivity index (χ4n) is 3.18. The number of hydrogen-bond donors (Lipinski definition) is 2. The van der Waals surface area contributed by atoms with Gasteiger partial charge in [0.15, 0.2) is 6.61 Å². The lowest BCUT2D eigenvalue weighted by Crippen LogP contribution is -2.44. The van der Waals surface area contributed by atoms with Crippen LogP contribution < -0.4 is 15.6 Å². The summed E-state index contributed by atoms with van der Waals surface area (Å²) >= 11 is 0. The molecule has 0 aliphatic rings. The van der Waals surface area contributed by atoms with E-state index in [0.29, 0.717) is 12.3 Å². The van der Waals surface area contributed by atoms with Crippen LogP contribution in [0.3, 0.4) is 0 Å². The van der Waals surface area contributed by atoms with Gasteiger partial charge >= 0.3 is 0 Å². The average Bonchev–Trinajstić information content (AvgIpc) is 3.12. The molecule has 0 atom stereocenters. The minimum Gasteiger partial charge on any atom is -0.483 e. The van der Waals surface area contributed by atoms with Crippen LogP contribution in [0.2, 0.25) is 0 Å². The van der Waals surface area contributed by atoms with Gasteiger partial charge in [-0.25, -0.2) is 0 Å². The van der Waals surface area contributed by atoms with E-state index < -0.39 is 5.91 Å². The van der Waals surface area contributed by atoms with Gasteiger partial charge in [0.25, 0.3) is 5.91 Å².